The lowest BCUT2D eigenvalue weighted by molar-refractivity contribution is 0.588. The molecule has 0 unspecified atom stereocenters. The maximum atomic E-state index is 11.9. The first-order valence-electron chi connectivity index (χ1n) is 6.60. The fourth-order valence-corrected chi connectivity index (χ4v) is 2.98. The van der Waals surface area contributed by atoms with Crippen molar-refractivity contribution >= 4 is 21.4 Å². The predicted molar refractivity (Wildman–Crippen MR) is 77.5 cm³/mol. The molecule has 4 N–H and O–H groups in total. The van der Waals surface area contributed by atoms with E-state index in [1.165, 1.54) is 32.4 Å². The van der Waals surface area contributed by atoms with E-state index in [-0.39, 0.29) is 4.90 Å². The highest BCUT2D eigenvalue weighted by Crippen LogP contribution is 2.33. The second kappa shape index (κ2) is 5.79. The van der Waals surface area contributed by atoms with E-state index in [4.69, 9.17) is 5.73 Å². The third kappa shape index (κ3) is 3.84. The Hall–Kier alpha value is -1.27. The molecule has 1 aromatic carbocycles. The summed E-state index contributed by atoms with van der Waals surface area (Å²) in [5.74, 6) is 0.897. The Morgan fingerprint density at radius 2 is 2.11 bits per heavy atom. The number of nitrogens with one attached hydrogen (secondary N) is 2. The number of hydrogen-bond acceptors (Lipinski definition) is 4. The van der Waals surface area contributed by atoms with Crippen LogP contribution in [-0.4, -0.2) is 22.0 Å². The molecule has 0 atom stereocenters. The monoisotopic (exact) mass is 283 g/mol. The lowest BCUT2D eigenvalue weighted by Gasteiger charge is -2.12. The van der Waals surface area contributed by atoms with Gasteiger partial charge in [-0.25, -0.2) is 13.1 Å². The maximum absolute atomic E-state index is 11.9. The highest BCUT2D eigenvalue weighted by molar-refractivity contribution is 7.89. The summed E-state index contributed by atoms with van der Waals surface area (Å²) in [5, 5.41) is 3.19. The van der Waals surface area contributed by atoms with Gasteiger partial charge >= 0.3 is 0 Å². The van der Waals surface area contributed by atoms with Crippen molar-refractivity contribution in [1.29, 1.82) is 0 Å². The van der Waals surface area contributed by atoms with Crippen molar-refractivity contribution in [3.63, 3.8) is 0 Å². The number of sulfonamides is 1. The van der Waals surface area contributed by atoms with E-state index in [1.54, 1.807) is 12.1 Å². The Bertz CT molecular complexity index is 539. The van der Waals surface area contributed by atoms with Gasteiger partial charge in [0.1, 0.15) is 4.90 Å². The normalized spacial score (nSPS) is 15.4. The van der Waals surface area contributed by atoms with Crippen LogP contribution in [0.1, 0.15) is 25.7 Å². The van der Waals surface area contributed by atoms with Crippen LogP contribution in [0.25, 0.3) is 0 Å². The van der Waals surface area contributed by atoms with E-state index in [2.05, 4.69) is 10.0 Å². The first-order valence-corrected chi connectivity index (χ1v) is 8.08. The molecule has 0 amide bonds. The van der Waals surface area contributed by atoms with Gasteiger partial charge in [-0.1, -0.05) is 12.8 Å². The highest BCUT2D eigenvalue weighted by atomic mass is 32.2. The number of hydrogen-bond donors (Lipinski definition) is 3. The Morgan fingerprint density at radius 1 is 1.37 bits per heavy atom. The first kappa shape index (κ1) is 14.1. The van der Waals surface area contributed by atoms with E-state index < -0.39 is 10.0 Å². The average molecular weight is 283 g/mol. The smallest absolute Gasteiger partial charge is 0.242 e. The van der Waals surface area contributed by atoms with Gasteiger partial charge < -0.3 is 11.1 Å². The maximum Gasteiger partial charge on any atom is 0.242 e. The number of benzene rings is 1. The van der Waals surface area contributed by atoms with Gasteiger partial charge in [0.05, 0.1) is 5.69 Å². The van der Waals surface area contributed by atoms with Gasteiger partial charge in [-0.2, -0.15) is 0 Å². The number of nitrogen functional groups attached to an aromatic ring is 1. The average Bonchev–Trinajstić information content (AvgIpc) is 3.20. The standard InChI is InChI=1S/C13H21N3O2S/c1-15-19(17,18)13-9-11(14)6-7-12(13)16-8-2-3-10-4-5-10/h6-7,9-10,15-16H,2-5,8,14H2,1H3. The highest BCUT2D eigenvalue weighted by Gasteiger charge is 2.20. The minimum Gasteiger partial charge on any atom is -0.399 e. The molecule has 6 heteroatoms. The Kier molecular flexibility index (Phi) is 4.31. The molecule has 19 heavy (non-hydrogen) atoms. The van der Waals surface area contributed by atoms with Crippen molar-refractivity contribution in [1.82, 2.24) is 4.72 Å². The minimum absolute atomic E-state index is 0.210. The zero-order valence-electron chi connectivity index (χ0n) is 11.1. The molecule has 1 aliphatic rings. The molecule has 1 aromatic rings. The van der Waals surface area contributed by atoms with Gasteiger partial charge in [0, 0.05) is 12.2 Å². The van der Waals surface area contributed by atoms with E-state index in [0.717, 1.165) is 18.9 Å². The molecule has 0 aromatic heterocycles. The summed E-state index contributed by atoms with van der Waals surface area (Å²) in [6.45, 7) is 0.784. The summed E-state index contributed by atoms with van der Waals surface area (Å²) in [7, 11) is -2.09. The summed E-state index contributed by atoms with van der Waals surface area (Å²) in [6, 6.07) is 4.91. The number of anilines is 2. The second-order valence-electron chi connectivity index (χ2n) is 4.98. The fraction of sp³-hybridized carbons (Fsp3) is 0.538. The summed E-state index contributed by atoms with van der Waals surface area (Å²) in [6.07, 6.45) is 4.98. The van der Waals surface area contributed by atoms with Gasteiger partial charge in [-0.3, -0.25) is 0 Å². The van der Waals surface area contributed by atoms with Gasteiger partial charge in [0.15, 0.2) is 0 Å². The van der Waals surface area contributed by atoms with Crippen LogP contribution < -0.4 is 15.8 Å². The van der Waals surface area contributed by atoms with Gasteiger partial charge in [0.2, 0.25) is 10.0 Å². The molecule has 5 nitrogen and oxygen atoms in total. The van der Waals surface area contributed by atoms with Crippen LogP contribution in [-0.2, 0) is 10.0 Å². The predicted octanol–water partition coefficient (Wildman–Crippen LogP) is 1.78. The zero-order valence-corrected chi connectivity index (χ0v) is 12.0. The molecule has 0 radical (unpaired) electrons. The molecule has 0 spiro atoms. The summed E-state index contributed by atoms with van der Waals surface area (Å²) in [5.41, 5.74) is 6.71. The Balaban J connectivity index is 2.05. The quantitative estimate of drug-likeness (QED) is 0.526. The van der Waals surface area contributed by atoms with Crippen molar-refractivity contribution < 1.29 is 8.42 Å². The van der Waals surface area contributed by atoms with Crippen molar-refractivity contribution in [3.05, 3.63) is 18.2 Å². The van der Waals surface area contributed by atoms with Crippen LogP contribution in [0.15, 0.2) is 23.1 Å². The lowest BCUT2D eigenvalue weighted by atomic mass is 10.2. The Morgan fingerprint density at radius 3 is 2.74 bits per heavy atom. The Labute approximate surface area is 114 Å². The van der Waals surface area contributed by atoms with Crippen molar-refractivity contribution in [2.24, 2.45) is 5.92 Å². The minimum atomic E-state index is -3.48. The van der Waals surface area contributed by atoms with Gasteiger partial charge in [-0.15, -0.1) is 0 Å². The van der Waals surface area contributed by atoms with Gasteiger partial charge in [0.25, 0.3) is 0 Å². The number of rotatable bonds is 7. The first-order chi connectivity index (χ1) is 9.03. The molecule has 1 fully saturated rings. The largest absolute Gasteiger partial charge is 0.399 e. The van der Waals surface area contributed by atoms with Gasteiger partial charge in [-0.05, 0) is 44.0 Å². The van der Waals surface area contributed by atoms with E-state index in [0.29, 0.717) is 11.4 Å². The third-order valence-corrected chi connectivity index (χ3v) is 4.82. The molecule has 0 aliphatic heterocycles. The summed E-state index contributed by atoms with van der Waals surface area (Å²) >= 11 is 0. The van der Waals surface area contributed by atoms with E-state index in [1.807, 2.05) is 0 Å². The van der Waals surface area contributed by atoms with Crippen LogP contribution in [0, 0.1) is 5.92 Å². The van der Waals surface area contributed by atoms with E-state index in [9.17, 15) is 8.42 Å². The van der Waals surface area contributed by atoms with Crippen LogP contribution in [0.4, 0.5) is 11.4 Å². The summed E-state index contributed by atoms with van der Waals surface area (Å²) in [4.78, 5) is 0.210. The van der Waals surface area contributed by atoms with Crippen LogP contribution >= 0.6 is 0 Å². The van der Waals surface area contributed by atoms with E-state index >= 15 is 0 Å². The molecule has 0 saturated heterocycles. The molecule has 106 valence electrons. The molecule has 0 heterocycles. The van der Waals surface area contributed by atoms with Crippen molar-refractivity contribution in [2.75, 3.05) is 24.6 Å². The lowest BCUT2D eigenvalue weighted by Crippen LogP contribution is -2.20. The molecule has 0 bridgehead atoms. The zero-order chi connectivity index (χ0) is 13.9. The van der Waals surface area contributed by atoms with Crippen LogP contribution in [0.5, 0.6) is 0 Å². The topological polar surface area (TPSA) is 84.2 Å². The molecule has 1 saturated carbocycles. The van der Waals surface area contributed by atoms with Crippen molar-refractivity contribution in [2.45, 2.75) is 30.6 Å². The molecular weight excluding hydrogens is 262 g/mol. The SMILES string of the molecule is CNS(=O)(=O)c1cc(N)ccc1NCCCC1CC1. The van der Waals surface area contributed by atoms with Crippen LogP contribution in [0.2, 0.25) is 0 Å². The molecular formula is C13H21N3O2S. The van der Waals surface area contributed by atoms with Crippen LogP contribution in [0.3, 0.4) is 0 Å². The fourth-order valence-electron chi connectivity index (χ4n) is 2.04. The second-order valence-corrected chi connectivity index (χ2v) is 6.83. The number of nitrogens with two attached hydrogens (primary N) is 1. The van der Waals surface area contributed by atoms with Crippen molar-refractivity contribution in [3.8, 4) is 0 Å². The summed E-state index contributed by atoms with van der Waals surface area (Å²) < 4.78 is 26.2. The molecule has 1 aliphatic carbocycles. The third-order valence-electron chi connectivity index (χ3n) is 3.37. The molecule has 2 rings (SSSR count).